The first-order valence-electron chi connectivity index (χ1n) is 7.98. The summed E-state index contributed by atoms with van der Waals surface area (Å²) in [4.78, 5) is 14.5. The summed E-state index contributed by atoms with van der Waals surface area (Å²) in [6, 6.07) is 6.19. The highest BCUT2D eigenvalue weighted by Crippen LogP contribution is 2.30. The second-order valence-corrected chi connectivity index (χ2v) is 5.88. The van der Waals surface area contributed by atoms with E-state index in [0.29, 0.717) is 23.9 Å². The Morgan fingerprint density at radius 1 is 1.30 bits per heavy atom. The van der Waals surface area contributed by atoms with E-state index in [1.165, 1.54) is 6.07 Å². The predicted molar refractivity (Wildman–Crippen MR) is 82.1 cm³/mol. The number of aryl methyl sites for hydroxylation is 1. The molecule has 0 saturated carbocycles. The van der Waals surface area contributed by atoms with Gasteiger partial charge in [0.1, 0.15) is 11.9 Å². The van der Waals surface area contributed by atoms with Crippen LogP contribution in [0.4, 0.5) is 4.39 Å². The van der Waals surface area contributed by atoms with E-state index in [-0.39, 0.29) is 24.2 Å². The minimum absolute atomic E-state index is 0.0519. The maximum Gasteiger partial charge on any atom is 0.238 e. The third-order valence-corrected chi connectivity index (χ3v) is 4.20. The van der Waals surface area contributed by atoms with Gasteiger partial charge >= 0.3 is 0 Å². The molecule has 3 rings (SSSR count). The molecule has 1 aliphatic heterocycles. The van der Waals surface area contributed by atoms with Gasteiger partial charge in [-0.3, -0.25) is 4.79 Å². The van der Waals surface area contributed by atoms with E-state index >= 15 is 0 Å². The molecule has 122 valence electrons. The fourth-order valence-corrected chi connectivity index (χ4v) is 3.02. The first-order chi connectivity index (χ1) is 11.1. The maximum absolute atomic E-state index is 13.8. The molecule has 0 spiro atoms. The number of likely N-dealkylation sites (tertiary alicyclic amines) is 1. The molecule has 2 aromatic rings. The van der Waals surface area contributed by atoms with Crippen LogP contribution in [0.5, 0.6) is 0 Å². The van der Waals surface area contributed by atoms with Crippen molar-refractivity contribution >= 4 is 5.91 Å². The van der Waals surface area contributed by atoms with Crippen LogP contribution in [0.25, 0.3) is 0 Å². The molecule has 1 fully saturated rings. The zero-order chi connectivity index (χ0) is 16.2. The van der Waals surface area contributed by atoms with Gasteiger partial charge in [0.05, 0.1) is 6.42 Å². The summed E-state index contributed by atoms with van der Waals surface area (Å²) < 4.78 is 19.4. The van der Waals surface area contributed by atoms with Crippen LogP contribution >= 0.6 is 0 Å². The predicted octanol–water partition coefficient (Wildman–Crippen LogP) is 3.20. The van der Waals surface area contributed by atoms with Crippen LogP contribution in [0.15, 0.2) is 28.7 Å². The number of carbonyl (C=O) groups is 1. The zero-order valence-corrected chi connectivity index (χ0v) is 13.2. The van der Waals surface area contributed by atoms with Crippen LogP contribution in [-0.4, -0.2) is 27.5 Å². The van der Waals surface area contributed by atoms with Crippen LogP contribution in [-0.2, 0) is 11.2 Å². The number of rotatable bonds is 3. The SMILES string of the molecule is Cc1nnc(C2CCCCCN2C(=O)Cc2ccccc2F)o1. The van der Waals surface area contributed by atoms with Crippen molar-refractivity contribution in [3.8, 4) is 0 Å². The summed E-state index contributed by atoms with van der Waals surface area (Å²) in [5.41, 5.74) is 0.419. The molecule has 6 heteroatoms. The summed E-state index contributed by atoms with van der Waals surface area (Å²) in [5.74, 6) is 0.524. The van der Waals surface area contributed by atoms with Crippen LogP contribution in [0, 0.1) is 12.7 Å². The summed E-state index contributed by atoms with van der Waals surface area (Å²) in [5, 5.41) is 7.95. The van der Waals surface area contributed by atoms with Gasteiger partial charge in [-0.2, -0.15) is 0 Å². The van der Waals surface area contributed by atoms with Crippen LogP contribution in [0.1, 0.15) is 49.1 Å². The minimum atomic E-state index is -0.346. The quantitative estimate of drug-likeness (QED) is 0.872. The highest BCUT2D eigenvalue weighted by Gasteiger charge is 2.30. The molecule has 1 aliphatic rings. The lowest BCUT2D eigenvalue weighted by Crippen LogP contribution is -2.36. The smallest absolute Gasteiger partial charge is 0.238 e. The van der Waals surface area contributed by atoms with E-state index in [4.69, 9.17) is 4.42 Å². The fraction of sp³-hybridized carbons (Fsp3) is 0.471. The zero-order valence-electron chi connectivity index (χ0n) is 13.2. The van der Waals surface area contributed by atoms with Gasteiger partial charge in [-0.25, -0.2) is 4.39 Å². The Labute approximate surface area is 134 Å². The number of amides is 1. The number of benzene rings is 1. The summed E-state index contributed by atoms with van der Waals surface area (Å²) in [7, 11) is 0. The monoisotopic (exact) mass is 317 g/mol. The average molecular weight is 317 g/mol. The van der Waals surface area contributed by atoms with Gasteiger partial charge in [-0.15, -0.1) is 10.2 Å². The van der Waals surface area contributed by atoms with E-state index in [0.717, 1.165) is 25.7 Å². The molecule has 1 amide bonds. The average Bonchev–Trinajstić information content (AvgIpc) is 2.82. The van der Waals surface area contributed by atoms with Crippen molar-refractivity contribution in [2.45, 2.75) is 45.1 Å². The third-order valence-electron chi connectivity index (χ3n) is 4.20. The molecular formula is C17H20FN3O2. The number of nitrogens with zero attached hydrogens (tertiary/aromatic N) is 3. The normalized spacial score (nSPS) is 18.7. The Kier molecular flexibility index (Phi) is 4.69. The Hall–Kier alpha value is -2.24. The van der Waals surface area contributed by atoms with E-state index in [1.54, 1.807) is 30.0 Å². The molecule has 0 aliphatic carbocycles. The number of hydrogen-bond acceptors (Lipinski definition) is 4. The van der Waals surface area contributed by atoms with Gasteiger partial charge in [-0.05, 0) is 24.5 Å². The van der Waals surface area contributed by atoms with Crippen molar-refractivity contribution in [3.05, 3.63) is 47.4 Å². The van der Waals surface area contributed by atoms with Gasteiger partial charge < -0.3 is 9.32 Å². The van der Waals surface area contributed by atoms with E-state index in [2.05, 4.69) is 10.2 Å². The molecular weight excluding hydrogens is 297 g/mol. The molecule has 0 radical (unpaired) electrons. The Bertz CT molecular complexity index is 686. The number of aromatic nitrogens is 2. The lowest BCUT2D eigenvalue weighted by atomic mass is 10.1. The standard InChI is InChI=1S/C17H20FN3O2/c1-12-19-20-17(23-12)15-9-3-2-6-10-21(15)16(22)11-13-7-4-5-8-14(13)18/h4-5,7-8,15H,2-3,6,9-11H2,1H3. The second-order valence-electron chi connectivity index (χ2n) is 5.88. The number of carbonyl (C=O) groups excluding carboxylic acids is 1. The van der Waals surface area contributed by atoms with Gasteiger partial charge in [0, 0.05) is 13.5 Å². The largest absolute Gasteiger partial charge is 0.423 e. The first kappa shape index (κ1) is 15.6. The fourth-order valence-electron chi connectivity index (χ4n) is 3.02. The van der Waals surface area contributed by atoms with Gasteiger partial charge in [0.2, 0.25) is 17.7 Å². The third kappa shape index (κ3) is 3.57. The number of hydrogen-bond donors (Lipinski definition) is 0. The summed E-state index contributed by atoms with van der Waals surface area (Å²) in [6.07, 6.45) is 3.86. The molecule has 5 nitrogen and oxygen atoms in total. The molecule has 0 N–H and O–H groups in total. The Morgan fingerprint density at radius 3 is 2.87 bits per heavy atom. The van der Waals surface area contributed by atoms with Crippen LogP contribution in [0.2, 0.25) is 0 Å². The Morgan fingerprint density at radius 2 is 2.13 bits per heavy atom. The molecule has 1 unspecified atom stereocenters. The highest BCUT2D eigenvalue weighted by molar-refractivity contribution is 5.79. The number of halogens is 1. The molecule has 1 aromatic heterocycles. The Balaban J connectivity index is 1.81. The van der Waals surface area contributed by atoms with Crippen LogP contribution < -0.4 is 0 Å². The molecule has 1 atom stereocenters. The van der Waals surface area contributed by atoms with Crippen molar-refractivity contribution in [3.63, 3.8) is 0 Å². The van der Waals surface area contributed by atoms with Gasteiger partial charge in [-0.1, -0.05) is 31.0 Å². The van der Waals surface area contributed by atoms with Crippen molar-refractivity contribution in [1.82, 2.24) is 15.1 Å². The lowest BCUT2D eigenvalue weighted by molar-refractivity contribution is -0.133. The lowest BCUT2D eigenvalue weighted by Gasteiger charge is -2.27. The van der Waals surface area contributed by atoms with Gasteiger partial charge in [0.25, 0.3) is 0 Å². The van der Waals surface area contributed by atoms with Gasteiger partial charge in [0.15, 0.2) is 0 Å². The summed E-state index contributed by atoms with van der Waals surface area (Å²) >= 11 is 0. The first-order valence-corrected chi connectivity index (χ1v) is 7.98. The van der Waals surface area contributed by atoms with Crippen molar-refractivity contribution < 1.29 is 13.6 Å². The van der Waals surface area contributed by atoms with Crippen LogP contribution in [0.3, 0.4) is 0 Å². The van der Waals surface area contributed by atoms with Crippen molar-refractivity contribution in [1.29, 1.82) is 0 Å². The van der Waals surface area contributed by atoms with Crippen molar-refractivity contribution in [2.75, 3.05) is 6.54 Å². The summed E-state index contributed by atoms with van der Waals surface area (Å²) in [6.45, 7) is 2.37. The molecule has 1 aromatic carbocycles. The van der Waals surface area contributed by atoms with Crippen molar-refractivity contribution in [2.24, 2.45) is 0 Å². The topological polar surface area (TPSA) is 59.2 Å². The van der Waals surface area contributed by atoms with E-state index in [9.17, 15) is 9.18 Å². The molecule has 1 saturated heterocycles. The van der Waals surface area contributed by atoms with E-state index < -0.39 is 0 Å². The molecule has 2 heterocycles. The molecule has 23 heavy (non-hydrogen) atoms. The van der Waals surface area contributed by atoms with E-state index in [1.807, 2.05) is 0 Å². The minimum Gasteiger partial charge on any atom is -0.423 e. The molecule has 0 bridgehead atoms. The second kappa shape index (κ2) is 6.89. The maximum atomic E-state index is 13.8. The highest BCUT2D eigenvalue weighted by atomic mass is 19.1.